The molecule has 2 nitrogen and oxygen atoms in total. The van der Waals surface area contributed by atoms with Crippen LogP contribution in [-0.2, 0) is 0 Å². The molecular weight excluding hydrogens is 260 g/mol. The molecule has 0 aliphatic heterocycles. The molecule has 0 unspecified atom stereocenters. The maximum atomic E-state index is 5.80. The molecule has 0 heterocycles. The first-order valence-corrected chi connectivity index (χ1v) is 7.78. The van der Waals surface area contributed by atoms with Crippen LogP contribution in [0, 0.1) is 13.8 Å². The minimum Gasteiger partial charge on any atom is -0.399 e. The van der Waals surface area contributed by atoms with Gasteiger partial charge in [-0.3, -0.25) is 0 Å². The van der Waals surface area contributed by atoms with Gasteiger partial charge in [0.15, 0.2) is 0 Å². The van der Waals surface area contributed by atoms with Gasteiger partial charge in [0, 0.05) is 21.2 Å². The number of rotatable bonds is 3. The van der Waals surface area contributed by atoms with E-state index in [0.29, 0.717) is 0 Å². The highest BCUT2D eigenvalue weighted by molar-refractivity contribution is 8.76. The highest BCUT2D eigenvalue weighted by Crippen LogP contribution is 2.38. The third-order valence-corrected chi connectivity index (χ3v) is 5.10. The van der Waals surface area contributed by atoms with Crippen LogP contribution < -0.4 is 11.5 Å². The molecular formula is C14H16N2S2. The molecule has 94 valence electrons. The minimum atomic E-state index is 0.840. The molecule has 0 bridgehead atoms. The van der Waals surface area contributed by atoms with E-state index in [-0.39, 0.29) is 0 Å². The molecule has 4 N–H and O–H groups in total. The Morgan fingerprint density at radius 2 is 1.11 bits per heavy atom. The second-order valence-electron chi connectivity index (χ2n) is 4.20. The van der Waals surface area contributed by atoms with Gasteiger partial charge in [0.1, 0.15) is 0 Å². The zero-order valence-corrected chi connectivity index (χ0v) is 12.1. The van der Waals surface area contributed by atoms with Crippen LogP contribution in [0.15, 0.2) is 46.2 Å². The maximum absolute atomic E-state index is 5.80. The molecule has 0 atom stereocenters. The van der Waals surface area contributed by atoms with E-state index in [9.17, 15) is 0 Å². The molecule has 2 aromatic carbocycles. The molecule has 0 aliphatic carbocycles. The molecule has 0 spiro atoms. The van der Waals surface area contributed by atoms with E-state index in [2.05, 4.69) is 12.1 Å². The van der Waals surface area contributed by atoms with Crippen LogP contribution >= 0.6 is 21.6 Å². The van der Waals surface area contributed by atoms with Crippen molar-refractivity contribution in [3.05, 3.63) is 47.5 Å². The van der Waals surface area contributed by atoms with Gasteiger partial charge in [0.05, 0.1) is 0 Å². The third kappa shape index (κ3) is 3.15. The van der Waals surface area contributed by atoms with Crippen molar-refractivity contribution in [1.82, 2.24) is 0 Å². The largest absolute Gasteiger partial charge is 0.399 e. The fourth-order valence-electron chi connectivity index (χ4n) is 1.50. The van der Waals surface area contributed by atoms with Crippen molar-refractivity contribution >= 4 is 33.0 Å². The first-order chi connectivity index (χ1) is 8.56. The van der Waals surface area contributed by atoms with E-state index in [1.54, 1.807) is 21.6 Å². The molecule has 0 amide bonds. The van der Waals surface area contributed by atoms with Crippen molar-refractivity contribution < 1.29 is 0 Å². The lowest BCUT2D eigenvalue weighted by molar-refractivity contribution is 1.37. The lowest BCUT2D eigenvalue weighted by Crippen LogP contribution is -1.88. The third-order valence-electron chi connectivity index (χ3n) is 2.72. The normalized spacial score (nSPS) is 10.6. The molecule has 4 heteroatoms. The Labute approximate surface area is 116 Å². The summed E-state index contributed by atoms with van der Waals surface area (Å²) in [6.45, 7) is 4.05. The molecule has 0 saturated heterocycles. The first-order valence-electron chi connectivity index (χ1n) is 5.63. The van der Waals surface area contributed by atoms with Crippen LogP contribution in [0.4, 0.5) is 11.4 Å². The predicted molar refractivity (Wildman–Crippen MR) is 82.9 cm³/mol. The van der Waals surface area contributed by atoms with Crippen LogP contribution in [0.5, 0.6) is 0 Å². The SMILES string of the molecule is Cc1cc(SSc2ccc(N)c(C)c2)ccc1N. The standard InChI is InChI=1S/C14H16N2S2/c1-9-7-11(3-5-13(9)15)17-18-12-4-6-14(16)10(2)8-12/h3-8H,15-16H2,1-2H3. The maximum Gasteiger partial charge on any atom is 0.0344 e. The van der Waals surface area contributed by atoms with Gasteiger partial charge in [0.25, 0.3) is 0 Å². The zero-order chi connectivity index (χ0) is 13.1. The Bertz CT molecular complexity index is 516. The molecule has 18 heavy (non-hydrogen) atoms. The molecule has 0 saturated carbocycles. The topological polar surface area (TPSA) is 52.0 Å². The average molecular weight is 276 g/mol. The van der Waals surface area contributed by atoms with Gasteiger partial charge >= 0.3 is 0 Å². The number of benzene rings is 2. The quantitative estimate of drug-likeness (QED) is 0.649. The van der Waals surface area contributed by atoms with E-state index in [4.69, 9.17) is 11.5 Å². The van der Waals surface area contributed by atoms with Crippen LogP contribution in [0.2, 0.25) is 0 Å². The summed E-state index contributed by atoms with van der Waals surface area (Å²) in [6, 6.07) is 12.2. The van der Waals surface area contributed by atoms with Crippen LogP contribution in [0.1, 0.15) is 11.1 Å². The molecule has 2 aromatic rings. The second kappa shape index (κ2) is 5.59. The van der Waals surface area contributed by atoms with E-state index < -0.39 is 0 Å². The Morgan fingerprint density at radius 1 is 0.722 bits per heavy atom. The average Bonchev–Trinajstić information content (AvgIpc) is 2.35. The van der Waals surface area contributed by atoms with Crippen LogP contribution in [-0.4, -0.2) is 0 Å². The molecule has 0 aromatic heterocycles. The summed E-state index contributed by atoms with van der Waals surface area (Å²) < 4.78 is 0. The van der Waals surface area contributed by atoms with Crippen molar-refractivity contribution in [2.24, 2.45) is 0 Å². The highest BCUT2D eigenvalue weighted by atomic mass is 33.1. The summed E-state index contributed by atoms with van der Waals surface area (Å²) in [5, 5.41) is 0. The number of anilines is 2. The van der Waals surface area contributed by atoms with E-state index in [1.807, 2.05) is 38.1 Å². The van der Waals surface area contributed by atoms with Crippen molar-refractivity contribution in [3.8, 4) is 0 Å². The minimum absolute atomic E-state index is 0.840. The highest BCUT2D eigenvalue weighted by Gasteiger charge is 2.01. The monoisotopic (exact) mass is 276 g/mol. The van der Waals surface area contributed by atoms with Gasteiger partial charge in [-0.05, 0) is 61.4 Å². The van der Waals surface area contributed by atoms with E-state index in [0.717, 1.165) is 22.5 Å². The first kappa shape index (κ1) is 13.2. The predicted octanol–water partition coefficient (Wildman–Crippen LogP) is 4.27. The molecule has 0 fully saturated rings. The molecule has 0 radical (unpaired) electrons. The lowest BCUT2D eigenvalue weighted by atomic mass is 10.2. The smallest absolute Gasteiger partial charge is 0.0344 e. The van der Waals surface area contributed by atoms with Gasteiger partial charge in [-0.25, -0.2) is 0 Å². The van der Waals surface area contributed by atoms with Crippen molar-refractivity contribution in [3.63, 3.8) is 0 Å². The van der Waals surface area contributed by atoms with Crippen molar-refractivity contribution in [1.29, 1.82) is 0 Å². The number of aryl methyl sites for hydroxylation is 2. The van der Waals surface area contributed by atoms with Crippen molar-refractivity contribution in [2.45, 2.75) is 23.6 Å². The number of nitrogens with two attached hydrogens (primary N) is 2. The van der Waals surface area contributed by atoms with Gasteiger partial charge in [-0.1, -0.05) is 21.6 Å². The fraction of sp³-hybridized carbons (Fsp3) is 0.143. The van der Waals surface area contributed by atoms with Crippen LogP contribution in [0.3, 0.4) is 0 Å². The molecule has 2 rings (SSSR count). The van der Waals surface area contributed by atoms with Gasteiger partial charge in [-0.15, -0.1) is 0 Å². The Morgan fingerprint density at radius 3 is 1.44 bits per heavy atom. The Hall–Kier alpha value is -1.26. The number of nitrogen functional groups attached to an aromatic ring is 2. The Kier molecular flexibility index (Phi) is 4.09. The lowest BCUT2D eigenvalue weighted by Gasteiger charge is -2.06. The Balaban J connectivity index is 2.06. The molecule has 0 aliphatic rings. The number of hydrogen-bond donors (Lipinski definition) is 2. The summed E-state index contributed by atoms with van der Waals surface area (Å²) in [6.07, 6.45) is 0. The second-order valence-corrected chi connectivity index (χ2v) is 6.48. The summed E-state index contributed by atoms with van der Waals surface area (Å²) >= 11 is 0. The van der Waals surface area contributed by atoms with Gasteiger partial charge in [-0.2, -0.15) is 0 Å². The van der Waals surface area contributed by atoms with Crippen LogP contribution in [0.25, 0.3) is 0 Å². The summed E-state index contributed by atoms with van der Waals surface area (Å²) in [4.78, 5) is 2.42. The number of hydrogen-bond acceptors (Lipinski definition) is 4. The zero-order valence-electron chi connectivity index (χ0n) is 10.4. The van der Waals surface area contributed by atoms with Gasteiger partial charge < -0.3 is 11.5 Å². The van der Waals surface area contributed by atoms with E-state index >= 15 is 0 Å². The summed E-state index contributed by atoms with van der Waals surface area (Å²) in [5.41, 5.74) is 15.5. The van der Waals surface area contributed by atoms with Gasteiger partial charge in [0.2, 0.25) is 0 Å². The summed E-state index contributed by atoms with van der Waals surface area (Å²) in [7, 11) is 3.46. The fourth-order valence-corrected chi connectivity index (χ4v) is 3.59. The van der Waals surface area contributed by atoms with Crippen molar-refractivity contribution in [2.75, 3.05) is 11.5 Å². The van der Waals surface area contributed by atoms with E-state index in [1.165, 1.54) is 9.79 Å². The summed E-state index contributed by atoms with van der Waals surface area (Å²) in [5.74, 6) is 0.